The molecule has 2 heterocycles. The lowest BCUT2D eigenvalue weighted by Crippen LogP contribution is -2.42. The van der Waals surface area contributed by atoms with Gasteiger partial charge in [-0.3, -0.25) is 4.79 Å². The Morgan fingerprint density at radius 3 is 2.50 bits per heavy atom. The second-order valence-electron chi connectivity index (χ2n) is 6.75. The van der Waals surface area contributed by atoms with Gasteiger partial charge in [0.25, 0.3) is 5.91 Å². The molecule has 0 spiro atoms. The highest BCUT2D eigenvalue weighted by atomic mass is 16.5. The number of aromatic nitrogens is 3. The van der Waals surface area contributed by atoms with Crippen molar-refractivity contribution in [2.24, 2.45) is 11.8 Å². The molecule has 6 nitrogen and oxygen atoms in total. The number of benzene rings is 1. The van der Waals surface area contributed by atoms with Crippen molar-refractivity contribution in [1.82, 2.24) is 19.9 Å². The fourth-order valence-electron chi connectivity index (χ4n) is 3.48. The molecule has 6 heteroatoms. The Labute approximate surface area is 142 Å². The minimum atomic E-state index is -0.0930. The second-order valence-corrected chi connectivity index (χ2v) is 6.75. The summed E-state index contributed by atoms with van der Waals surface area (Å²) >= 11 is 0. The van der Waals surface area contributed by atoms with E-state index in [1.165, 1.54) is 0 Å². The van der Waals surface area contributed by atoms with Crippen LogP contribution in [-0.2, 0) is 6.54 Å². The molecule has 2 unspecified atom stereocenters. The van der Waals surface area contributed by atoms with Gasteiger partial charge in [-0.25, -0.2) is 4.68 Å². The number of piperidine rings is 1. The third-order valence-corrected chi connectivity index (χ3v) is 4.42. The van der Waals surface area contributed by atoms with E-state index in [1.54, 1.807) is 11.8 Å². The SMILES string of the molecule is COc1c(C(=O)N2CC(C)CC(C)C2)nnn1Cc1ccccc1. The van der Waals surface area contributed by atoms with E-state index < -0.39 is 0 Å². The Kier molecular flexibility index (Phi) is 4.83. The van der Waals surface area contributed by atoms with Gasteiger partial charge >= 0.3 is 0 Å². The third kappa shape index (κ3) is 3.42. The molecule has 24 heavy (non-hydrogen) atoms. The lowest BCUT2D eigenvalue weighted by molar-refractivity contribution is 0.0613. The zero-order valence-electron chi connectivity index (χ0n) is 14.5. The van der Waals surface area contributed by atoms with E-state index in [0.717, 1.165) is 25.1 Å². The molecule has 0 aliphatic carbocycles. The largest absolute Gasteiger partial charge is 0.479 e. The predicted octanol–water partition coefficient (Wildman–Crippen LogP) is 2.45. The van der Waals surface area contributed by atoms with Crippen LogP contribution in [0.5, 0.6) is 5.88 Å². The highest BCUT2D eigenvalue weighted by molar-refractivity contribution is 5.94. The van der Waals surface area contributed by atoms with Crippen LogP contribution < -0.4 is 4.74 Å². The number of amides is 1. The van der Waals surface area contributed by atoms with E-state index in [1.807, 2.05) is 35.2 Å². The van der Waals surface area contributed by atoms with Gasteiger partial charge < -0.3 is 9.64 Å². The molecule has 1 saturated heterocycles. The summed E-state index contributed by atoms with van der Waals surface area (Å²) in [6.45, 7) is 6.41. The molecule has 1 aromatic carbocycles. The Balaban J connectivity index is 1.82. The van der Waals surface area contributed by atoms with Crippen molar-refractivity contribution in [3.8, 4) is 5.88 Å². The molecule has 3 rings (SSSR count). The van der Waals surface area contributed by atoms with E-state index in [2.05, 4.69) is 24.2 Å². The summed E-state index contributed by atoms with van der Waals surface area (Å²) in [7, 11) is 1.55. The van der Waals surface area contributed by atoms with Crippen molar-refractivity contribution in [3.05, 3.63) is 41.6 Å². The van der Waals surface area contributed by atoms with E-state index in [-0.39, 0.29) is 5.91 Å². The first kappa shape index (κ1) is 16.5. The second kappa shape index (κ2) is 7.03. The summed E-state index contributed by atoms with van der Waals surface area (Å²) < 4.78 is 7.08. The van der Waals surface area contributed by atoms with Crippen LogP contribution in [0.15, 0.2) is 30.3 Å². The molecular formula is C18H24N4O2. The van der Waals surface area contributed by atoms with Crippen LogP contribution in [-0.4, -0.2) is 46.0 Å². The molecular weight excluding hydrogens is 304 g/mol. The molecule has 1 amide bonds. The van der Waals surface area contributed by atoms with Crippen LogP contribution in [0, 0.1) is 11.8 Å². The summed E-state index contributed by atoms with van der Waals surface area (Å²) in [5.74, 6) is 1.34. The lowest BCUT2D eigenvalue weighted by Gasteiger charge is -2.34. The molecule has 2 atom stereocenters. The smallest absolute Gasteiger partial charge is 0.280 e. The number of methoxy groups -OCH3 is 1. The topological polar surface area (TPSA) is 60.2 Å². The predicted molar refractivity (Wildman–Crippen MR) is 91.0 cm³/mol. The maximum atomic E-state index is 12.9. The van der Waals surface area contributed by atoms with Crippen molar-refractivity contribution in [1.29, 1.82) is 0 Å². The number of nitrogens with zero attached hydrogens (tertiary/aromatic N) is 4. The zero-order valence-corrected chi connectivity index (χ0v) is 14.5. The van der Waals surface area contributed by atoms with Crippen LogP contribution in [0.1, 0.15) is 36.3 Å². The summed E-state index contributed by atoms with van der Waals surface area (Å²) in [5.41, 5.74) is 1.38. The van der Waals surface area contributed by atoms with E-state index in [4.69, 9.17) is 4.74 Å². The Morgan fingerprint density at radius 2 is 1.88 bits per heavy atom. The normalized spacial score (nSPS) is 20.9. The molecule has 1 aromatic heterocycles. The molecule has 0 radical (unpaired) electrons. The fourth-order valence-corrected chi connectivity index (χ4v) is 3.48. The van der Waals surface area contributed by atoms with E-state index in [9.17, 15) is 4.79 Å². The average Bonchev–Trinajstić information content (AvgIpc) is 2.96. The molecule has 1 aliphatic rings. The molecule has 1 aliphatic heterocycles. The van der Waals surface area contributed by atoms with Gasteiger partial charge in [0.1, 0.15) is 0 Å². The quantitative estimate of drug-likeness (QED) is 0.865. The maximum Gasteiger partial charge on any atom is 0.280 e. The summed E-state index contributed by atoms with van der Waals surface area (Å²) in [6, 6.07) is 9.94. The number of hydrogen-bond acceptors (Lipinski definition) is 4. The van der Waals surface area contributed by atoms with Crippen LogP contribution in [0.2, 0.25) is 0 Å². The van der Waals surface area contributed by atoms with Crippen LogP contribution in [0.3, 0.4) is 0 Å². The van der Waals surface area contributed by atoms with E-state index in [0.29, 0.717) is 30.0 Å². The number of hydrogen-bond donors (Lipinski definition) is 0. The van der Waals surface area contributed by atoms with Gasteiger partial charge in [-0.2, -0.15) is 0 Å². The standard InChI is InChI=1S/C18H24N4O2/c1-13-9-14(2)11-21(10-13)17(23)16-18(24-3)22(20-19-16)12-15-7-5-4-6-8-15/h4-8,13-14H,9-12H2,1-3H3. The van der Waals surface area contributed by atoms with Crippen molar-refractivity contribution >= 4 is 5.91 Å². The first-order valence-electron chi connectivity index (χ1n) is 8.39. The molecule has 128 valence electrons. The van der Waals surface area contributed by atoms with Gasteiger partial charge in [0.2, 0.25) is 11.6 Å². The summed E-state index contributed by atoms with van der Waals surface area (Å²) in [5, 5.41) is 8.24. The van der Waals surface area contributed by atoms with Gasteiger partial charge in [0.15, 0.2) is 0 Å². The van der Waals surface area contributed by atoms with E-state index >= 15 is 0 Å². The lowest BCUT2D eigenvalue weighted by atomic mass is 9.92. The minimum Gasteiger partial charge on any atom is -0.479 e. The monoisotopic (exact) mass is 328 g/mol. The minimum absolute atomic E-state index is 0.0930. The fraction of sp³-hybridized carbons (Fsp3) is 0.500. The van der Waals surface area contributed by atoms with Crippen LogP contribution >= 0.6 is 0 Å². The van der Waals surface area contributed by atoms with Gasteiger partial charge in [-0.15, -0.1) is 5.10 Å². The van der Waals surface area contributed by atoms with Crippen molar-refractivity contribution in [2.75, 3.05) is 20.2 Å². The maximum absolute atomic E-state index is 12.9. The number of ether oxygens (including phenoxy) is 1. The highest BCUT2D eigenvalue weighted by Gasteiger charge is 2.30. The van der Waals surface area contributed by atoms with Gasteiger partial charge in [0, 0.05) is 13.1 Å². The van der Waals surface area contributed by atoms with Crippen molar-refractivity contribution < 1.29 is 9.53 Å². The number of carbonyl (C=O) groups is 1. The van der Waals surface area contributed by atoms with Gasteiger partial charge in [-0.1, -0.05) is 49.4 Å². The average molecular weight is 328 g/mol. The van der Waals surface area contributed by atoms with Crippen LogP contribution in [0.25, 0.3) is 0 Å². The van der Waals surface area contributed by atoms with Crippen molar-refractivity contribution in [2.45, 2.75) is 26.8 Å². The number of carbonyl (C=O) groups excluding carboxylic acids is 1. The Hall–Kier alpha value is -2.37. The van der Waals surface area contributed by atoms with Crippen LogP contribution in [0.4, 0.5) is 0 Å². The summed E-state index contributed by atoms with van der Waals surface area (Å²) in [6.07, 6.45) is 1.15. The molecule has 1 fully saturated rings. The molecule has 0 N–H and O–H groups in total. The number of likely N-dealkylation sites (tertiary alicyclic amines) is 1. The molecule has 0 saturated carbocycles. The molecule has 2 aromatic rings. The van der Waals surface area contributed by atoms with Gasteiger partial charge in [0.05, 0.1) is 13.7 Å². The highest BCUT2D eigenvalue weighted by Crippen LogP contribution is 2.25. The number of rotatable bonds is 4. The Bertz CT molecular complexity index is 688. The zero-order chi connectivity index (χ0) is 17.1. The Morgan fingerprint density at radius 1 is 1.21 bits per heavy atom. The first-order valence-corrected chi connectivity index (χ1v) is 8.39. The molecule has 0 bridgehead atoms. The van der Waals surface area contributed by atoms with Crippen molar-refractivity contribution in [3.63, 3.8) is 0 Å². The van der Waals surface area contributed by atoms with Gasteiger partial charge in [-0.05, 0) is 23.8 Å². The summed E-state index contributed by atoms with van der Waals surface area (Å²) in [4.78, 5) is 14.7. The third-order valence-electron chi connectivity index (χ3n) is 4.42. The first-order chi connectivity index (χ1) is 11.6.